The maximum absolute atomic E-state index is 11.6. The zero-order valence-corrected chi connectivity index (χ0v) is 30.3. The molecular formula is C32H52Cl2N14O4. The van der Waals surface area contributed by atoms with Crippen LogP contribution in [0.1, 0.15) is 95.9 Å². The zero-order valence-electron chi connectivity index (χ0n) is 28.8. The minimum Gasteiger partial charge on any atom is -0.478 e. The summed E-state index contributed by atoms with van der Waals surface area (Å²) >= 11 is 4.73. The Morgan fingerprint density at radius 3 is 1.37 bits per heavy atom. The van der Waals surface area contributed by atoms with E-state index in [1.807, 2.05) is 43.3 Å². The highest BCUT2D eigenvalue weighted by Crippen LogP contribution is 2.33. The van der Waals surface area contributed by atoms with Gasteiger partial charge in [0.05, 0.1) is 29.5 Å². The van der Waals surface area contributed by atoms with Gasteiger partial charge in [0, 0.05) is 37.6 Å². The van der Waals surface area contributed by atoms with Crippen LogP contribution >= 0.6 is 24.2 Å². The van der Waals surface area contributed by atoms with Gasteiger partial charge >= 0.3 is 11.9 Å². The molecule has 0 spiro atoms. The minimum atomic E-state index is -0.865. The molecule has 2 aromatic rings. The second-order valence-corrected chi connectivity index (χ2v) is 12.6. The van der Waals surface area contributed by atoms with Gasteiger partial charge < -0.3 is 19.6 Å². The number of piperidine rings is 2. The Labute approximate surface area is 316 Å². The topological polar surface area (TPSA) is 230 Å². The summed E-state index contributed by atoms with van der Waals surface area (Å²) in [6.45, 7) is 15.8. The molecule has 2 aliphatic heterocycles. The molecule has 18 nitrogen and oxygen atoms in total. The molecule has 0 amide bonds. The fourth-order valence-corrected chi connectivity index (χ4v) is 4.77. The van der Waals surface area contributed by atoms with E-state index in [4.69, 9.17) is 27.2 Å². The lowest BCUT2D eigenvalue weighted by Gasteiger charge is -2.38. The first kappa shape index (κ1) is 49.3. The zero-order chi connectivity index (χ0) is 36.1. The largest absolute Gasteiger partial charge is 0.478 e. The third kappa shape index (κ3) is 19.0. The molecule has 2 saturated heterocycles. The van der Waals surface area contributed by atoms with Gasteiger partial charge in [0.25, 0.3) is 0 Å². The van der Waals surface area contributed by atoms with Gasteiger partial charge in [0.1, 0.15) is 0 Å². The number of carboxylic acids is 1. The molecule has 288 valence electrons. The number of esters is 1. The number of carbonyl (C=O) groups is 2. The molecule has 2 heterocycles. The molecule has 2 aromatic carbocycles. The third-order valence-electron chi connectivity index (χ3n) is 7.86. The average molecular weight is 768 g/mol. The van der Waals surface area contributed by atoms with Gasteiger partial charge in [0.15, 0.2) is 0 Å². The van der Waals surface area contributed by atoms with E-state index in [0.29, 0.717) is 28.6 Å². The van der Waals surface area contributed by atoms with Gasteiger partial charge in [-0.1, -0.05) is 47.2 Å². The van der Waals surface area contributed by atoms with Gasteiger partial charge in [-0.25, -0.2) is 9.59 Å². The van der Waals surface area contributed by atoms with Gasteiger partial charge in [-0.3, -0.25) is 0 Å². The molecule has 0 radical (unpaired) electrons. The van der Waals surface area contributed by atoms with Gasteiger partial charge in [-0.05, 0) is 144 Å². The summed E-state index contributed by atoms with van der Waals surface area (Å²) in [4.78, 5) is 27.1. The molecule has 0 aromatic heterocycles. The number of ether oxygens (including phenoxy) is 1. The molecule has 2 aliphatic rings. The molecule has 4 rings (SSSR count). The molecule has 2 N–H and O–H groups in total. The minimum absolute atomic E-state index is 0. The Kier molecular flexibility index (Phi) is 24.6. The van der Waals surface area contributed by atoms with Crippen molar-refractivity contribution in [3.05, 3.63) is 59.7 Å². The van der Waals surface area contributed by atoms with Crippen molar-refractivity contribution in [2.45, 2.75) is 75.2 Å². The summed E-state index contributed by atoms with van der Waals surface area (Å²) in [6, 6.07) is 14.9. The maximum Gasteiger partial charge on any atom is 0.338 e. The molecule has 0 unspecified atom stereocenters. The standard InChI is InChI=1S/C16H23NO2.C14H19NO2.2CH4.ClHN12.ClH/c1-4-19-15(18)13-5-7-14(8-6-13)17-11-9-16(2,3)10-12-17;1-14(2)7-9-15(10-8-14)12-5-3-11(4-6-12)13(16)17;;;1-3-5-7-9-11-13-12-10-8-6-4-2;/h5-8H,4,9-12H2,1-3H3;3-6H,7-10H2,1-2H3,(H,16,17);2*1H4;2H;1H/b;;;;4-2?,5-3?,8-6+,9-7+,12-10+,13-11+;. The van der Waals surface area contributed by atoms with Crippen molar-refractivity contribution >= 4 is 47.5 Å². The summed E-state index contributed by atoms with van der Waals surface area (Å²) in [6.07, 6.45) is 4.81. The smallest absolute Gasteiger partial charge is 0.338 e. The number of anilines is 2. The highest BCUT2D eigenvalue weighted by atomic mass is 35.5. The first-order chi connectivity index (χ1) is 23.4. The molecule has 0 saturated carbocycles. The van der Waals surface area contributed by atoms with Crippen LogP contribution in [0.3, 0.4) is 0 Å². The van der Waals surface area contributed by atoms with Gasteiger partial charge in [-0.15, -0.1) is 12.4 Å². The lowest BCUT2D eigenvalue weighted by atomic mass is 9.82. The van der Waals surface area contributed by atoms with Crippen LogP contribution in [-0.2, 0) is 4.74 Å². The normalized spacial score (nSPS) is 16.2. The monoisotopic (exact) mass is 766 g/mol. The number of halogens is 2. The Hall–Kier alpha value is -4.84. The van der Waals surface area contributed by atoms with Crippen LogP contribution in [0.2, 0.25) is 0 Å². The highest BCUT2D eigenvalue weighted by molar-refractivity contribution is 6.13. The van der Waals surface area contributed by atoms with E-state index >= 15 is 0 Å². The lowest BCUT2D eigenvalue weighted by molar-refractivity contribution is 0.0525. The predicted octanol–water partition coefficient (Wildman–Crippen LogP) is 11.2. The Morgan fingerprint density at radius 1 is 0.692 bits per heavy atom. The maximum atomic E-state index is 11.6. The second kappa shape index (κ2) is 26.0. The number of carboxylic acid groups (broad SMARTS) is 1. The van der Waals surface area contributed by atoms with Crippen molar-refractivity contribution in [2.24, 2.45) is 67.7 Å². The van der Waals surface area contributed by atoms with Crippen molar-refractivity contribution in [1.29, 1.82) is 5.53 Å². The molecule has 0 aliphatic carbocycles. The quantitative estimate of drug-likeness (QED) is 0.135. The van der Waals surface area contributed by atoms with Gasteiger partial charge in [-0.2, -0.15) is 5.53 Å². The van der Waals surface area contributed by atoms with E-state index in [2.05, 4.69) is 94.4 Å². The SMILES string of the molecule is C.C.CC1(C)CCN(c2ccc(C(=O)O)cc2)CC1.CCOC(=O)c1ccc(N2CCC(C)(C)CC2)cc1.Cl.N=N/N=N/N=N/N=N/N=N/N=NCl. The van der Waals surface area contributed by atoms with E-state index in [1.165, 1.54) is 31.4 Å². The number of hydrogen-bond donors (Lipinski definition) is 2. The second-order valence-electron chi connectivity index (χ2n) is 12.4. The molecule has 0 atom stereocenters. The lowest BCUT2D eigenvalue weighted by Crippen LogP contribution is -2.37. The first-order valence-electron chi connectivity index (χ1n) is 15.5. The van der Waals surface area contributed by atoms with Crippen molar-refractivity contribution in [1.82, 2.24) is 0 Å². The molecule has 0 bridgehead atoms. The molecular weight excluding hydrogens is 715 g/mol. The third-order valence-corrected chi connectivity index (χ3v) is 7.92. The van der Waals surface area contributed by atoms with Crippen LogP contribution in [-0.4, -0.2) is 49.8 Å². The number of nitrogens with one attached hydrogen (secondary N) is 1. The summed E-state index contributed by atoms with van der Waals surface area (Å²) in [7, 11) is 0. The van der Waals surface area contributed by atoms with Crippen LogP contribution in [0.4, 0.5) is 11.4 Å². The summed E-state index contributed by atoms with van der Waals surface area (Å²) in [5.41, 5.74) is 10.3. The number of carbonyl (C=O) groups excluding carboxylic acids is 1. The van der Waals surface area contributed by atoms with E-state index in [1.54, 1.807) is 12.1 Å². The van der Waals surface area contributed by atoms with Crippen LogP contribution < -0.4 is 9.80 Å². The number of benzene rings is 2. The Morgan fingerprint density at radius 2 is 1.04 bits per heavy atom. The average Bonchev–Trinajstić information content (AvgIpc) is 3.08. The van der Waals surface area contributed by atoms with Crippen LogP contribution in [0, 0.1) is 16.4 Å². The molecule has 52 heavy (non-hydrogen) atoms. The fraction of sp³-hybridized carbons (Fsp3) is 0.562. The van der Waals surface area contributed by atoms with Crippen molar-refractivity contribution < 1.29 is 19.4 Å². The van der Waals surface area contributed by atoms with Crippen molar-refractivity contribution in [3.8, 4) is 0 Å². The van der Waals surface area contributed by atoms with E-state index in [-0.39, 0.29) is 33.2 Å². The number of nitrogens with zero attached hydrogens (tertiary/aromatic N) is 13. The van der Waals surface area contributed by atoms with Crippen molar-refractivity contribution in [3.63, 3.8) is 0 Å². The van der Waals surface area contributed by atoms with Crippen LogP contribution in [0.15, 0.2) is 105 Å². The first-order valence-corrected chi connectivity index (χ1v) is 15.8. The Bertz CT molecular complexity index is 1460. The number of hydrogen-bond acceptors (Lipinski definition) is 7. The van der Waals surface area contributed by atoms with Gasteiger partial charge in [0.2, 0.25) is 0 Å². The van der Waals surface area contributed by atoms with E-state index in [0.717, 1.165) is 31.9 Å². The molecule has 2 fully saturated rings. The highest BCUT2D eigenvalue weighted by Gasteiger charge is 2.26. The summed E-state index contributed by atoms with van der Waals surface area (Å²) in [5.74, 6) is -1.11. The van der Waals surface area contributed by atoms with Crippen LogP contribution in [0.5, 0.6) is 0 Å². The number of aromatic carboxylic acids is 1. The molecule has 20 heteroatoms. The Balaban J connectivity index is 0. The van der Waals surface area contributed by atoms with E-state index < -0.39 is 5.97 Å². The summed E-state index contributed by atoms with van der Waals surface area (Å²) in [5, 5.41) is 37.4. The number of rotatable bonds is 10. The fourth-order valence-electron chi connectivity index (χ4n) is 4.74. The van der Waals surface area contributed by atoms with Crippen LogP contribution in [0.25, 0.3) is 0 Å². The summed E-state index contributed by atoms with van der Waals surface area (Å²) < 4.78 is 7.70. The predicted molar refractivity (Wildman–Crippen MR) is 202 cm³/mol. The van der Waals surface area contributed by atoms with Crippen molar-refractivity contribution in [2.75, 3.05) is 42.6 Å². The van der Waals surface area contributed by atoms with E-state index in [9.17, 15) is 9.59 Å².